The summed E-state index contributed by atoms with van der Waals surface area (Å²) in [5.41, 5.74) is 5.63. The van der Waals surface area contributed by atoms with Crippen molar-refractivity contribution in [2.75, 3.05) is 32.1 Å². The molecule has 0 aliphatic carbocycles. The van der Waals surface area contributed by atoms with Crippen molar-refractivity contribution in [2.45, 2.75) is 19.0 Å². The van der Waals surface area contributed by atoms with E-state index >= 15 is 0 Å². The van der Waals surface area contributed by atoms with Crippen LogP contribution in [0.2, 0.25) is 0 Å². The van der Waals surface area contributed by atoms with E-state index in [9.17, 15) is 9.18 Å². The molecule has 0 radical (unpaired) electrons. The molecule has 3 aromatic carbocycles. The summed E-state index contributed by atoms with van der Waals surface area (Å²) in [5, 5.41) is 3.08. The van der Waals surface area contributed by atoms with E-state index in [1.807, 2.05) is 14.1 Å². The smallest absolute Gasteiger partial charge is 0.251 e. The molecule has 1 unspecified atom stereocenters. The van der Waals surface area contributed by atoms with Gasteiger partial charge >= 0.3 is 0 Å². The fourth-order valence-corrected chi connectivity index (χ4v) is 4.30. The van der Waals surface area contributed by atoms with Crippen molar-refractivity contribution in [1.29, 1.82) is 0 Å². The SMILES string of the molecule is CN(C)c1ccc([C@H](CNC(=O)c2ccc(F)cc2)[NH+]2CCc3ccccc3C2)cc1. The average Bonchev–Trinajstić information content (AvgIpc) is 2.79. The molecule has 0 bridgehead atoms. The summed E-state index contributed by atoms with van der Waals surface area (Å²) in [5.74, 6) is -0.515. The second kappa shape index (κ2) is 9.31. The van der Waals surface area contributed by atoms with Gasteiger partial charge in [-0.05, 0) is 42.0 Å². The highest BCUT2D eigenvalue weighted by molar-refractivity contribution is 5.94. The first-order valence-corrected chi connectivity index (χ1v) is 10.7. The Kier molecular flexibility index (Phi) is 6.33. The van der Waals surface area contributed by atoms with E-state index in [0.717, 1.165) is 25.2 Å². The molecule has 1 aliphatic rings. The van der Waals surface area contributed by atoms with Gasteiger partial charge in [-0.15, -0.1) is 0 Å². The van der Waals surface area contributed by atoms with Gasteiger partial charge in [0.2, 0.25) is 0 Å². The van der Waals surface area contributed by atoms with Crippen LogP contribution >= 0.6 is 0 Å². The Balaban J connectivity index is 1.55. The number of hydrogen-bond donors (Lipinski definition) is 2. The summed E-state index contributed by atoms with van der Waals surface area (Å²) in [6.45, 7) is 2.47. The van der Waals surface area contributed by atoms with Crippen LogP contribution in [0.5, 0.6) is 0 Å². The molecule has 2 N–H and O–H groups in total. The zero-order valence-corrected chi connectivity index (χ0v) is 18.1. The number of halogens is 1. The van der Waals surface area contributed by atoms with Crippen molar-refractivity contribution in [2.24, 2.45) is 0 Å². The molecule has 0 aromatic heterocycles. The molecular formula is C26H29FN3O+. The second-order valence-corrected chi connectivity index (χ2v) is 8.36. The van der Waals surface area contributed by atoms with Crippen LogP contribution < -0.4 is 15.1 Å². The highest BCUT2D eigenvalue weighted by atomic mass is 19.1. The Morgan fingerprint density at radius 1 is 1.00 bits per heavy atom. The molecule has 1 amide bonds. The van der Waals surface area contributed by atoms with Crippen LogP contribution in [0.25, 0.3) is 0 Å². The van der Waals surface area contributed by atoms with E-state index < -0.39 is 0 Å². The molecule has 1 heterocycles. The largest absolute Gasteiger partial charge is 0.378 e. The van der Waals surface area contributed by atoms with E-state index in [1.165, 1.54) is 45.9 Å². The Morgan fingerprint density at radius 2 is 1.68 bits per heavy atom. The Morgan fingerprint density at radius 3 is 2.35 bits per heavy atom. The van der Waals surface area contributed by atoms with Crippen LogP contribution in [0.15, 0.2) is 72.8 Å². The fourth-order valence-electron chi connectivity index (χ4n) is 4.30. The predicted molar refractivity (Wildman–Crippen MR) is 122 cm³/mol. The molecule has 0 spiro atoms. The lowest BCUT2D eigenvalue weighted by molar-refractivity contribution is -0.945. The predicted octanol–water partition coefficient (Wildman–Crippen LogP) is 3.00. The number of hydrogen-bond acceptors (Lipinski definition) is 2. The molecule has 0 fully saturated rings. The average molecular weight is 419 g/mol. The van der Waals surface area contributed by atoms with Gasteiger partial charge in [0.25, 0.3) is 5.91 Å². The number of amides is 1. The number of carbonyl (C=O) groups excluding carboxylic acids is 1. The van der Waals surface area contributed by atoms with Gasteiger partial charge in [0, 0.05) is 42.9 Å². The van der Waals surface area contributed by atoms with Crippen LogP contribution in [0.4, 0.5) is 10.1 Å². The molecule has 31 heavy (non-hydrogen) atoms. The molecule has 2 atom stereocenters. The van der Waals surface area contributed by atoms with E-state index in [4.69, 9.17) is 0 Å². The fraction of sp³-hybridized carbons (Fsp3) is 0.269. The minimum atomic E-state index is -0.341. The van der Waals surface area contributed by atoms with Crippen LogP contribution in [0.3, 0.4) is 0 Å². The highest BCUT2D eigenvalue weighted by Gasteiger charge is 2.29. The number of carbonyl (C=O) groups is 1. The number of fused-ring (bicyclic) bond motifs is 1. The van der Waals surface area contributed by atoms with Crippen LogP contribution in [0, 0.1) is 5.82 Å². The second-order valence-electron chi connectivity index (χ2n) is 8.36. The van der Waals surface area contributed by atoms with Gasteiger partial charge in [0.05, 0.1) is 13.1 Å². The van der Waals surface area contributed by atoms with Crippen molar-refractivity contribution in [1.82, 2.24) is 5.32 Å². The summed E-state index contributed by atoms with van der Waals surface area (Å²) in [6, 6.07) is 23.0. The third kappa shape index (κ3) is 4.94. The summed E-state index contributed by atoms with van der Waals surface area (Å²) in [4.78, 5) is 16.2. The van der Waals surface area contributed by atoms with Gasteiger partial charge in [-0.3, -0.25) is 4.79 Å². The quantitative estimate of drug-likeness (QED) is 0.646. The minimum Gasteiger partial charge on any atom is -0.378 e. The molecule has 4 nitrogen and oxygen atoms in total. The molecule has 160 valence electrons. The number of anilines is 1. The van der Waals surface area contributed by atoms with Gasteiger partial charge < -0.3 is 15.1 Å². The van der Waals surface area contributed by atoms with Gasteiger partial charge in [0.1, 0.15) is 18.4 Å². The monoisotopic (exact) mass is 418 g/mol. The first-order valence-electron chi connectivity index (χ1n) is 10.7. The van der Waals surface area contributed by atoms with E-state index in [2.05, 4.69) is 58.7 Å². The Bertz CT molecular complexity index is 1030. The first-order chi connectivity index (χ1) is 15.0. The standard InChI is InChI=1S/C26H28FN3O/c1-29(2)24-13-9-20(10-14-24)25(17-28-26(31)21-7-11-23(27)12-8-21)30-16-15-19-5-3-4-6-22(19)18-30/h3-14,25H,15-18H2,1-2H3,(H,28,31)/p+1/t25-/m0/s1. The maximum atomic E-state index is 13.2. The minimum absolute atomic E-state index is 0.133. The third-order valence-corrected chi connectivity index (χ3v) is 6.13. The van der Waals surface area contributed by atoms with Crippen molar-refractivity contribution in [3.8, 4) is 0 Å². The van der Waals surface area contributed by atoms with Crippen molar-refractivity contribution >= 4 is 11.6 Å². The van der Waals surface area contributed by atoms with E-state index in [-0.39, 0.29) is 17.8 Å². The van der Waals surface area contributed by atoms with Gasteiger partial charge in [-0.1, -0.05) is 36.4 Å². The van der Waals surface area contributed by atoms with Crippen molar-refractivity contribution in [3.63, 3.8) is 0 Å². The number of rotatable bonds is 6. The topological polar surface area (TPSA) is 36.8 Å². The number of nitrogens with one attached hydrogen (secondary N) is 2. The molecule has 0 saturated carbocycles. The molecule has 5 heteroatoms. The summed E-state index contributed by atoms with van der Waals surface area (Å²) >= 11 is 0. The lowest BCUT2D eigenvalue weighted by Crippen LogP contribution is -3.12. The molecule has 4 rings (SSSR count). The van der Waals surface area contributed by atoms with Crippen molar-refractivity contribution < 1.29 is 14.1 Å². The van der Waals surface area contributed by atoms with Crippen LogP contribution in [-0.2, 0) is 13.0 Å². The normalized spacial score (nSPS) is 16.3. The summed E-state index contributed by atoms with van der Waals surface area (Å²) in [6.07, 6.45) is 1.03. The highest BCUT2D eigenvalue weighted by Crippen LogP contribution is 2.19. The van der Waals surface area contributed by atoms with Crippen molar-refractivity contribution in [3.05, 3.63) is 101 Å². The molecule has 1 aliphatic heterocycles. The first kappa shape index (κ1) is 21.1. The van der Waals surface area contributed by atoms with Crippen LogP contribution in [-0.4, -0.2) is 33.1 Å². The Labute approximate surface area is 183 Å². The summed E-state index contributed by atoms with van der Waals surface area (Å²) in [7, 11) is 4.06. The molecule has 3 aromatic rings. The number of quaternary nitrogens is 1. The maximum absolute atomic E-state index is 13.2. The van der Waals surface area contributed by atoms with Gasteiger partial charge in [-0.2, -0.15) is 0 Å². The lowest BCUT2D eigenvalue weighted by atomic mass is 9.96. The van der Waals surface area contributed by atoms with Gasteiger partial charge in [-0.25, -0.2) is 4.39 Å². The molecular weight excluding hydrogens is 389 g/mol. The number of benzene rings is 3. The number of nitrogens with zero attached hydrogens (tertiary/aromatic N) is 1. The maximum Gasteiger partial charge on any atom is 0.251 e. The van der Waals surface area contributed by atoms with E-state index in [0.29, 0.717) is 12.1 Å². The molecule has 0 saturated heterocycles. The zero-order valence-electron chi connectivity index (χ0n) is 18.1. The van der Waals surface area contributed by atoms with Crippen LogP contribution in [0.1, 0.15) is 33.1 Å². The summed E-state index contributed by atoms with van der Waals surface area (Å²) < 4.78 is 13.2. The zero-order chi connectivity index (χ0) is 21.8. The lowest BCUT2D eigenvalue weighted by Gasteiger charge is -2.33. The Hall–Kier alpha value is -3.18. The van der Waals surface area contributed by atoms with Gasteiger partial charge in [0.15, 0.2) is 0 Å². The van der Waals surface area contributed by atoms with E-state index in [1.54, 1.807) is 0 Å². The third-order valence-electron chi connectivity index (χ3n) is 6.13.